The van der Waals surface area contributed by atoms with Gasteiger partial charge in [0.25, 0.3) is 5.91 Å². The van der Waals surface area contributed by atoms with E-state index in [1.807, 2.05) is 6.92 Å². The van der Waals surface area contributed by atoms with Crippen LogP contribution in [0.5, 0.6) is 5.75 Å². The molecule has 2 heterocycles. The van der Waals surface area contributed by atoms with Crippen LogP contribution >= 0.6 is 0 Å². The number of carbonyl (C=O) groups excluding carboxylic acids is 3. The number of aromatic nitrogens is 2. The van der Waals surface area contributed by atoms with Crippen molar-refractivity contribution in [3.05, 3.63) is 30.0 Å². The fraction of sp³-hybridized carbons (Fsp3) is 0.567. The first-order chi connectivity index (χ1) is 19.9. The molecule has 42 heavy (non-hydrogen) atoms. The monoisotopic (exact) mass is 581 g/mol. The first-order valence-electron chi connectivity index (χ1n) is 14.5. The van der Waals surface area contributed by atoms with Crippen LogP contribution in [0.3, 0.4) is 0 Å². The van der Waals surface area contributed by atoms with Crippen molar-refractivity contribution in [3.8, 4) is 5.75 Å². The Bertz CT molecular complexity index is 1310. The number of likely N-dealkylation sites (N-methyl/N-ethyl adjacent to an activating group) is 2. The van der Waals surface area contributed by atoms with Crippen molar-refractivity contribution in [2.24, 2.45) is 0 Å². The molecule has 0 saturated heterocycles. The van der Waals surface area contributed by atoms with E-state index in [-0.39, 0.29) is 30.4 Å². The molecule has 0 bridgehead atoms. The van der Waals surface area contributed by atoms with Crippen molar-refractivity contribution in [1.29, 1.82) is 0 Å². The highest BCUT2D eigenvalue weighted by atomic mass is 16.6. The quantitative estimate of drug-likeness (QED) is 0.445. The Hall–Kier alpha value is -4.09. The van der Waals surface area contributed by atoms with Gasteiger partial charge < -0.3 is 34.8 Å². The zero-order valence-electron chi connectivity index (χ0n) is 25.7. The molecule has 12 heteroatoms. The molecule has 1 atom stereocenters. The summed E-state index contributed by atoms with van der Waals surface area (Å²) in [6.45, 7) is 8.00. The van der Waals surface area contributed by atoms with Crippen LogP contribution in [0.2, 0.25) is 0 Å². The van der Waals surface area contributed by atoms with Gasteiger partial charge >= 0.3 is 6.09 Å². The third-order valence-electron chi connectivity index (χ3n) is 7.56. The van der Waals surface area contributed by atoms with E-state index < -0.39 is 11.7 Å². The van der Waals surface area contributed by atoms with Crippen molar-refractivity contribution >= 4 is 41.0 Å². The zero-order chi connectivity index (χ0) is 30.6. The van der Waals surface area contributed by atoms with Gasteiger partial charge in [-0.1, -0.05) is 19.8 Å². The van der Waals surface area contributed by atoms with Crippen LogP contribution in [-0.2, 0) is 9.53 Å². The van der Waals surface area contributed by atoms with Gasteiger partial charge in [0.2, 0.25) is 11.9 Å². The topological polar surface area (TPSA) is 129 Å². The number of hydrogen-bond acceptors (Lipinski definition) is 9. The number of hydrogen-bond donors (Lipinski definition) is 2. The summed E-state index contributed by atoms with van der Waals surface area (Å²) >= 11 is 0. The van der Waals surface area contributed by atoms with Gasteiger partial charge in [0, 0.05) is 38.8 Å². The molecule has 1 aromatic heterocycles. The molecule has 12 nitrogen and oxygen atoms in total. The molecule has 1 aromatic carbocycles. The minimum Gasteiger partial charge on any atom is -0.495 e. The van der Waals surface area contributed by atoms with Gasteiger partial charge in [-0.2, -0.15) is 4.98 Å². The van der Waals surface area contributed by atoms with E-state index in [1.165, 1.54) is 12.0 Å². The molecule has 2 aromatic rings. The molecule has 0 unspecified atom stereocenters. The lowest BCUT2D eigenvalue weighted by atomic mass is 10.0. The lowest BCUT2D eigenvalue weighted by Crippen LogP contribution is -2.55. The number of methoxy groups -OCH3 is 1. The van der Waals surface area contributed by atoms with Crippen LogP contribution in [0.25, 0.3) is 0 Å². The molecular weight excluding hydrogens is 538 g/mol. The smallest absolute Gasteiger partial charge is 0.410 e. The highest BCUT2D eigenvalue weighted by Gasteiger charge is 2.41. The fourth-order valence-electron chi connectivity index (χ4n) is 5.37. The summed E-state index contributed by atoms with van der Waals surface area (Å²) in [5, 5.41) is 6.06. The number of nitrogens with zero attached hydrogens (tertiary/aromatic N) is 5. The molecule has 3 amide bonds. The van der Waals surface area contributed by atoms with Gasteiger partial charge in [-0.15, -0.1) is 0 Å². The predicted molar refractivity (Wildman–Crippen MR) is 162 cm³/mol. The summed E-state index contributed by atoms with van der Waals surface area (Å²) < 4.78 is 10.9. The normalized spacial score (nSPS) is 17.1. The second-order valence-electron chi connectivity index (χ2n) is 11.8. The molecule has 0 spiro atoms. The zero-order valence-corrected chi connectivity index (χ0v) is 25.7. The van der Waals surface area contributed by atoms with Crippen molar-refractivity contribution in [1.82, 2.24) is 20.2 Å². The summed E-state index contributed by atoms with van der Waals surface area (Å²) in [5.41, 5.74) is 1.10. The summed E-state index contributed by atoms with van der Waals surface area (Å²) in [7, 11) is 4.92. The lowest BCUT2D eigenvalue weighted by molar-refractivity contribution is -0.120. The van der Waals surface area contributed by atoms with Crippen LogP contribution in [0.1, 0.15) is 70.2 Å². The predicted octanol–water partition coefficient (Wildman–Crippen LogP) is 4.33. The van der Waals surface area contributed by atoms with Crippen molar-refractivity contribution in [3.63, 3.8) is 0 Å². The lowest BCUT2D eigenvalue weighted by Gasteiger charge is -2.43. The number of nitrogens with one attached hydrogen (secondary N) is 2. The second-order valence-corrected chi connectivity index (χ2v) is 11.8. The fourth-order valence-corrected chi connectivity index (χ4v) is 5.37. The van der Waals surface area contributed by atoms with Crippen LogP contribution in [0.4, 0.5) is 27.9 Å². The summed E-state index contributed by atoms with van der Waals surface area (Å²) in [6, 6.07) is 5.07. The van der Waals surface area contributed by atoms with Gasteiger partial charge in [-0.3, -0.25) is 9.59 Å². The number of carbonyl (C=O) groups is 3. The molecule has 228 valence electrons. The third-order valence-corrected chi connectivity index (χ3v) is 7.56. The first-order valence-corrected chi connectivity index (χ1v) is 14.5. The maximum absolute atomic E-state index is 13.2. The molecular formula is C30H43N7O5. The molecule has 4 rings (SSSR count). The van der Waals surface area contributed by atoms with E-state index in [4.69, 9.17) is 14.5 Å². The highest BCUT2D eigenvalue weighted by molar-refractivity contribution is 6.04. The van der Waals surface area contributed by atoms with Crippen LogP contribution in [0, 0.1) is 0 Å². The standard InChI is InChI=1S/C30H43N7O5/c1-8-22-27(39)36(6)23-18-32-28(34-25(23)37(22)20-11-9-10-12-20)33-21-14-13-19(17-24(21)41-7)26(38)31-15-16-35(5)29(40)42-30(2,3)4/h13-14,17-18,20,22H,8-12,15-16H2,1-7H3,(H,31,38)(H,32,33,34)/t22-/m1/s1. The molecule has 1 aliphatic heterocycles. The van der Waals surface area contributed by atoms with E-state index in [1.54, 1.807) is 64.2 Å². The van der Waals surface area contributed by atoms with Gasteiger partial charge in [-0.25, -0.2) is 9.78 Å². The van der Waals surface area contributed by atoms with E-state index in [2.05, 4.69) is 20.5 Å². The van der Waals surface area contributed by atoms with E-state index in [0.29, 0.717) is 41.6 Å². The number of fused-ring (bicyclic) bond motifs is 1. The molecule has 1 fully saturated rings. The summed E-state index contributed by atoms with van der Waals surface area (Å²) in [5.74, 6) is 1.33. The maximum Gasteiger partial charge on any atom is 0.410 e. The van der Waals surface area contributed by atoms with Crippen LogP contribution in [0.15, 0.2) is 24.4 Å². The maximum atomic E-state index is 13.2. The number of rotatable bonds is 9. The summed E-state index contributed by atoms with van der Waals surface area (Å²) in [4.78, 5) is 52.7. The Morgan fingerprint density at radius 3 is 2.55 bits per heavy atom. The first kappa shape index (κ1) is 30.9. The Balaban J connectivity index is 1.47. The number of ether oxygens (including phenoxy) is 2. The average molecular weight is 582 g/mol. The van der Waals surface area contributed by atoms with Gasteiger partial charge in [-0.05, 0) is 58.2 Å². The molecule has 0 radical (unpaired) electrons. The Kier molecular flexibility index (Phi) is 9.43. The van der Waals surface area contributed by atoms with Crippen molar-refractivity contribution < 1.29 is 23.9 Å². The minimum atomic E-state index is -0.590. The number of anilines is 4. The second kappa shape index (κ2) is 12.8. The van der Waals surface area contributed by atoms with Gasteiger partial charge in [0.1, 0.15) is 23.1 Å². The van der Waals surface area contributed by atoms with Crippen LogP contribution < -0.4 is 25.2 Å². The molecule has 2 aliphatic rings. The Morgan fingerprint density at radius 2 is 1.90 bits per heavy atom. The van der Waals surface area contributed by atoms with Gasteiger partial charge in [0.05, 0.1) is 19.0 Å². The minimum absolute atomic E-state index is 0.0632. The molecule has 1 saturated carbocycles. The molecule has 1 aliphatic carbocycles. The van der Waals surface area contributed by atoms with E-state index in [9.17, 15) is 14.4 Å². The van der Waals surface area contributed by atoms with Crippen molar-refractivity contribution in [2.75, 3.05) is 49.4 Å². The average Bonchev–Trinajstić information content (AvgIpc) is 3.48. The van der Waals surface area contributed by atoms with Crippen molar-refractivity contribution in [2.45, 2.75) is 77.5 Å². The highest BCUT2D eigenvalue weighted by Crippen LogP contribution is 2.40. The Morgan fingerprint density at radius 1 is 1.19 bits per heavy atom. The van der Waals surface area contributed by atoms with Crippen LogP contribution in [-0.4, -0.2) is 84.8 Å². The third kappa shape index (κ3) is 6.85. The SMILES string of the molecule is CC[C@@H]1C(=O)N(C)c2cnc(Nc3ccc(C(=O)NCCN(C)C(=O)OC(C)(C)C)cc3OC)nc2N1C1CCCC1. The van der Waals surface area contributed by atoms with Gasteiger partial charge in [0.15, 0.2) is 5.82 Å². The number of benzene rings is 1. The Labute approximate surface area is 247 Å². The van der Waals surface area contributed by atoms with E-state index >= 15 is 0 Å². The number of amides is 3. The summed E-state index contributed by atoms with van der Waals surface area (Å²) in [6.07, 6.45) is 6.28. The molecule has 2 N–H and O–H groups in total. The van der Waals surface area contributed by atoms with E-state index in [0.717, 1.165) is 31.5 Å². The largest absolute Gasteiger partial charge is 0.495 e.